The van der Waals surface area contributed by atoms with E-state index in [0.29, 0.717) is 5.82 Å². The number of rotatable bonds is 4. The average molecular weight is 327 g/mol. The maximum absolute atomic E-state index is 11.9. The number of H-pyrrole nitrogens is 2. The van der Waals surface area contributed by atoms with Crippen LogP contribution in [-0.2, 0) is 0 Å². The van der Waals surface area contributed by atoms with Crippen LogP contribution in [0.5, 0.6) is 5.88 Å². The van der Waals surface area contributed by atoms with Gasteiger partial charge in [0.15, 0.2) is 0 Å². The molecule has 126 valence electrons. The molecule has 23 heavy (non-hydrogen) atoms. The molecule has 0 atom stereocenters. The summed E-state index contributed by atoms with van der Waals surface area (Å²) in [5.74, 6) is 0.322. The van der Waals surface area contributed by atoms with E-state index in [1.807, 2.05) is 0 Å². The lowest BCUT2D eigenvalue weighted by atomic mass is 10.0. The summed E-state index contributed by atoms with van der Waals surface area (Å²) in [6.07, 6.45) is 11.5. The Morgan fingerprint density at radius 3 is 2.30 bits per heavy atom. The van der Waals surface area contributed by atoms with Gasteiger partial charge in [-0.05, 0) is 0 Å². The fourth-order valence-corrected chi connectivity index (χ4v) is 2.17. The van der Waals surface area contributed by atoms with Crippen LogP contribution in [0.25, 0.3) is 0 Å². The van der Waals surface area contributed by atoms with Crippen molar-refractivity contribution in [3.8, 4) is 5.88 Å². The van der Waals surface area contributed by atoms with Crippen LogP contribution in [0.3, 0.4) is 0 Å². The van der Waals surface area contributed by atoms with Gasteiger partial charge in [-0.15, -0.1) is 5.10 Å². The molecule has 2 aromatic heterocycles. The monoisotopic (exact) mass is 327 g/mol. The normalized spacial score (nSPS) is 14.0. The van der Waals surface area contributed by atoms with Gasteiger partial charge < -0.3 is 15.0 Å². The first kappa shape index (κ1) is 16.9. The minimum atomic E-state index is -2.94. The van der Waals surface area contributed by atoms with E-state index in [9.17, 15) is 13.6 Å². The molecule has 1 fully saturated rings. The van der Waals surface area contributed by atoms with Gasteiger partial charge in [0, 0.05) is 6.07 Å². The van der Waals surface area contributed by atoms with E-state index in [-0.39, 0.29) is 11.7 Å². The summed E-state index contributed by atoms with van der Waals surface area (Å²) >= 11 is 0. The molecule has 3 N–H and O–H groups in total. The topological polar surface area (TPSA) is 95.7 Å². The minimum Gasteiger partial charge on any atom is -0.415 e. The van der Waals surface area contributed by atoms with Gasteiger partial charge in [-0.25, -0.2) is 0 Å². The Labute approximate surface area is 131 Å². The van der Waals surface area contributed by atoms with E-state index in [1.54, 1.807) is 0 Å². The first-order chi connectivity index (χ1) is 11.1. The number of aromatic nitrogens is 4. The molecule has 0 radical (unpaired) electrons. The van der Waals surface area contributed by atoms with Gasteiger partial charge in [-0.2, -0.15) is 8.78 Å². The predicted molar refractivity (Wildman–Crippen MR) is 81.1 cm³/mol. The molecule has 7 nitrogen and oxygen atoms in total. The Balaban J connectivity index is 0.000000268. The molecule has 0 aliphatic heterocycles. The van der Waals surface area contributed by atoms with Crippen molar-refractivity contribution in [2.45, 2.75) is 45.1 Å². The number of hydrogen-bond donors (Lipinski definition) is 3. The minimum absolute atomic E-state index is 0.256. The molecule has 2 heterocycles. The molecule has 0 aromatic carbocycles. The molecular formula is C14H19F2N5O2. The molecule has 1 aliphatic rings. The van der Waals surface area contributed by atoms with Crippen molar-refractivity contribution in [1.29, 1.82) is 0 Å². The average Bonchev–Trinajstić information content (AvgIpc) is 2.96. The number of ether oxygens (including phenoxy) is 1. The van der Waals surface area contributed by atoms with Crippen molar-refractivity contribution in [2.24, 2.45) is 0 Å². The fraction of sp³-hybridized carbons (Fsp3) is 0.500. The lowest BCUT2D eigenvalue weighted by Crippen LogP contribution is -2.07. The van der Waals surface area contributed by atoms with Crippen molar-refractivity contribution in [2.75, 3.05) is 5.32 Å². The number of alkyl halides is 2. The number of aromatic amines is 2. The van der Waals surface area contributed by atoms with Gasteiger partial charge in [0.2, 0.25) is 5.88 Å². The molecule has 9 heteroatoms. The maximum Gasteiger partial charge on any atom is 0.388 e. The van der Waals surface area contributed by atoms with Crippen LogP contribution in [0, 0.1) is 0 Å². The van der Waals surface area contributed by atoms with Crippen LogP contribution in [0.2, 0.25) is 0 Å². The molecule has 2 aromatic rings. The largest absolute Gasteiger partial charge is 0.415 e. The fourth-order valence-electron chi connectivity index (χ4n) is 2.17. The molecular weight excluding hydrogens is 308 g/mol. The zero-order valence-corrected chi connectivity index (χ0v) is 12.5. The van der Waals surface area contributed by atoms with Crippen LogP contribution >= 0.6 is 0 Å². The zero-order valence-electron chi connectivity index (χ0n) is 12.5. The molecule has 0 bridgehead atoms. The smallest absolute Gasteiger partial charge is 0.388 e. The molecule has 0 amide bonds. The molecule has 0 spiro atoms. The highest BCUT2D eigenvalue weighted by Crippen LogP contribution is 2.17. The molecule has 0 unspecified atom stereocenters. The van der Waals surface area contributed by atoms with Crippen molar-refractivity contribution < 1.29 is 13.5 Å². The van der Waals surface area contributed by atoms with Crippen LogP contribution in [-0.4, -0.2) is 26.8 Å². The third-order valence-corrected chi connectivity index (χ3v) is 3.19. The van der Waals surface area contributed by atoms with Crippen molar-refractivity contribution in [3.05, 3.63) is 28.8 Å². The van der Waals surface area contributed by atoms with Gasteiger partial charge in [0.25, 0.3) is 5.56 Å². The summed E-state index contributed by atoms with van der Waals surface area (Å²) in [5, 5.41) is 8.56. The Morgan fingerprint density at radius 2 is 1.74 bits per heavy atom. The zero-order chi connectivity index (χ0) is 16.5. The summed E-state index contributed by atoms with van der Waals surface area (Å²) in [6, 6.07) is 1.22. The van der Waals surface area contributed by atoms with E-state index < -0.39 is 12.2 Å². The maximum atomic E-state index is 11.9. The van der Waals surface area contributed by atoms with Crippen LogP contribution in [0.1, 0.15) is 38.5 Å². The summed E-state index contributed by atoms with van der Waals surface area (Å²) in [7, 11) is 0. The molecule has 1 aliphatic carbocycles. The number of nitrogens with one attached hydrogen (secondary N) is 3. The van der Waals surface area contributed by atoms with E-state index >= 15 is 0 Å². The Kier molecular flexibility index (Phi) is 6.52. The van der Waals surface area contributed by atoms with E-state index in [2.05, 4.69) is 30.2 Å². The van der Waals surface area contributed by atoms with Crippen LogP contribution < -0.4 is 15.6 Å². The Hall–Kier alpha value is -2.45. The quantitative estimate of drug-likeness (QED) is 0.801. The highest BCUT2D eigenvalue weighted by atomic mass is 19.3. The SMILES string of the molecule is C1CCCCC1.O=c1cncc(Nc2cc(OC(F)F)n[nH]2)[nH]1. The highest BCUT2D eigenvalue weighted by molar-refractivity contribution is 5.51. The van der Waals surface area contributed by atoms with Crippen LogP contribution in [0.4, 0.5) is 20.4 Å². The number of hydrogen-bond acceptors (Lipinski definition) is 5. The van der Waals surface area contributed by atoms with Gasteiger partial charge >= 0.3 is 6.61 Å². The predicted octanol–water partition coefficient (Wildman–Crippen LogP) is 3.18. The lowest BCUT2D eigenvalue weighted by Gasteiger charge is -2.05. The van der Waals surface area contributed by atoms with Gasteiger partial charge in [-0.3, -0.25) is 14.9 Å². The Bertz CT molecular complexity index is 628. The van der Waals surface area contributed by atoms with Crippen molar-refractivity contribution in [3.63, 3.8) is 0 Å². The first-order valence-electron chi connectivity index (χ1n) is 7.45. The second-order valence-corrected chi connectivity index (χ2v) is 5.05. The van der Waals surface area contributed by atoms with Gasteiger partial charge in [0.1, 0.15) is 11.6 Å². The number of halogens is 2. The summed E-state index contributed by atoms with van der Waals surface area (Å²) in [5.41, 5.74) is -0.390. The second kappa shape index (κ2) is 8.86. The van der Waals surface area contributed by atoms with E-state index in [0.717, 1.165) is 6.20 Å². The summed E-state index contributed by atoms with van der Waals surface area (Å²) in [6.45, 7) is -2.94. The van der Waals surface area contributed by atoms with Crippen molar-refractivity contribution >= 4 is 11.6 Å². The number of nitrogens with zero attached hydrogens (tertiary/aromatic N) is 2. The third kappa shape index (κ3) is 6.45. The van der Waals surface area contributed by atoms with E-state index in [4.69, 9.17) is 0 Å². The standard InChI is InChI=1S/C8H7F2N5O2.C6H12/c9-8(10)17-7-1-4(14-15-7)12-5-2-11-3-6(16)13-5;1-2-4-6-5-3-1/h1-3,8H,(H3,12,13,14,15,16);1-6H2. The number of anilines is 2. The third-order valence-electron chi connectivity index (χ3n) is 3.19. The van der Waals surface area contributed by atoms with Crippen LogP contribution in [0.15, 0.2) is 23.3 Å². The second-order valence-electron chi connectivity index (χ2n) is 5.05. The lowest BCUT2D eigenvalue weighted by molar-refractivity contribution is -0.0528. The molecule has 3 rings (SSSR count). The highest BCUT2D eigenvalue weighted by Gasteiger charge is 2.08. The Morgan fingerprint density at radius 1 is 1.09 bits per heavy atom. The molecule has 1 saturated carbocycles. The molecule has 0 saturated heterocycles. The summed E-state index contributed by atoms with van der Waals surface area (Å²) < 4.78 is 27.8. The first-order valence-corrected chi connectivity index (χ1v) is 7.45. The van der Waals surface area contributed by atoms with Gasteiger partial charge in [-0.1, -0.05) is 38.5 Å². The summed E-state index contributed by atoms with van der Waals surface area (Å²) in [4.78, 5) is 17.0. The van der Waals surface area contributed by atoms with Gasteiger partial charge in [0.05, 0.1) is 12.4 Å². The van der Waals surface area contributed by atoms with Crippen molar-refractivity contribution in [1.82, 2.24) is 20.2 Å². The van der Waals surface area contributed by atoms with E-state index in [1.165, 1.54) is 50.8 Å².